The minimum absolute atomic E-state index is 0.0491. The van der Waals surface area contributed by atoms with Crippen LogP contribution in [0.2, 0.25) is 0 Å². The third-order valence-corrected chi connectivity index (χ3v) is 4.65. The first kappa shape index (κ1) is 13.4. The first-order valence-corrected chi connectivity index (χ1v) is 7.08. The highest BCUT2D eigenvalue weighted by Crippen LogP contribution is 2.45. The fraction of sp³-hybridized carbons (Fsp3) is 0.375. The van der Waals surface area contributed by atoms with E-state index in [4.69, 9.17) is 4.74 Å². The van der Waals surface area contributed by atoms with Crippen molar-refractivity contribution in [1.29, 1.82) is 0 Å². The van der Waals surface area contributed by atoms with E-state index in [2.05, 4.69) is 51.3 Å². The predicted molar refractivity (Wildman–Crippen MR) is 78.9 cm³/mol. The molecule has 96 valence electrons. The van der Waals surface area contributed by atoms with Crippen LogP contribution in [0.4, 0.5) is 0 Å². The molecule has 0 radical (unpaired) electrons. The fourth-order valence-electron chi connectivity index (χ4n) is 2.35. The maximum absolute atomic E-state index is 5.62. The topological polar surface area (TPSA) is 12.5 Å². The van der Waals surface area contributed by atoms with E-state index in [1.54, 1.807) is 0 Å². The van der Waals surface area contributed by atoms with Crippen molar-refractivity contribution in [3.63, 3.8) is 0 Å². The van der Waals surface area contributed by atoms with Crippen molar-refractivity contribution in [2.24, 2.45) is 5.92 Å². The van der Waals surface area contributed by atoms with Gasteiger partial charge in [0.1, 0.15) is 0 Å². The molecule has 0 aromatic heterocycles. The molecule has 1 heterocycles. The van der Waals surface area contributed by atoms with Crippen molar-refractivity contribution in [2.75, 3.05) is 6.61 Å². The van der Waals surface area contributed by atoms with Gasteiger partial charge in [0.2, 0.25) is 0 Å². The third kappa shape index (κ3) is 2.88. The lowest BCUT2D eigenvalue weighted by Crippen LogP contribution is -2.30. The van der Waals surface area contributed by atoms with Crippen LogP contribution in [0.1, 0.15) is 13.8 Å². The molecule has 0 bridgehead atoms. The van der Waals surface area contributed by atoms with Gasteiger partial charge < -0.3 is 4.74 Å². The molecule has 1 nitrogen and oxygen atoms in total. The van der Waals surface area contributed by atoms with E-state index in [1.807, 2.05) is 23.9 Å². The first-order valence-electron chi connectivity index (χ1n) is 6.20. The molecule has 1 aliphatic rings. The van der Waals surface area contributed by atoms with Gasteiger partial charge in [0.15, 0.2) is 0 Å². The Morgan fingerprint density at radius 3 is 2.50 bits per heavy atom. The first-order chi connectivity index (χ1) is 8.57. The van der Waals surface area contributed by atoms with Crippen LogP contribution in [0.3, 0.4) is 0 Å². The van der Waals surface area contributed by atoms with Gasteiger partial charge >= 0.3 is 0 Å². The second kappa shape index (κ2) is 5.33. The van der Waals surface area contributed by atoms with Crippen molar-refractivity contribution in [1.82, 2.24) is 0 Å². The molecule has 1 aliphatic heterocycles. The Labute approximate surface area is 114 Å². The number of epoxide rings is 1. The van der Waals surface area contributed by atoms with Gasteiger partial charge in [0, 0.05) is 16.1 Å². The quantitative estimate of drug-likeness (QED) is 0.429. The van der Waals surface area contributed by atoms with Crippen LogP contribution in [0.5, 0.6) is 0 Å². The Morgan fingerprint density at radius 1 is 1.44 bits per heavy atom. The van der Waals surface area contributed by atoms with Gasteiger partial charge in [-0.1, -0.05) is 36.4 Å². The molecular formula is C16H20OS. The SMILES string of the molecule is C=CC(Sc1ccccc1)[C@@H](C(=C)C)[C@@]1(C)CO1. The molecule has 1 unspecified atom stereocenters. The van der Waals surface area contributed by atoms with Crippen molar-refractivity contribution in [3.05, 3.63) is 55.1 Å². The average molecular weight is 260 g/mol. The van der Waals surface area contributed by atoms with E-state index in [9.17, 15) is 0 Å². The summed E-state index contributed by atoms with van der Waals surface area (Å²) in [5.74, 6) is 0.320. The zero-order valence-corrected chi connectivity index (χ0v) is 11.9. The third-order valence-electron chi connectivity index (χ3n) is 3.36. The van der Waals surface area contributed by atoms with Gasteiger partial charge in [-0.15, -0.1) is 18.3 Å². The molecular weight excluding hydrogens is 240 g/mol. The molecule has 2 heteroatoms. The number of ether oxygens (including phenoxy) is 1. The minimum Gasteiger partial charge on any atom is -0.369 e. The maximum atomic E-state index is 5.62. The normalized spacial score (nSPS) is 25.2. The van der Waals surface area contributed by atoms with Crippen molar-refractivity contribution in [3.8, 4) is 0 Å². The van der Waals surface area contributed by atoms with E-state index in [1.165, 1.54) is 10.5 Å². The van der Waals surface area contributed by atoms with Crippen molar-refractivity contribution in [2.45, 2.75) is 29.6 Å². The Kier molecular flexibility index (Phi) is 3.98. The van der Waals surface area contributed by atoms with Crippen LogP contribution in [-0.2, 0) is 4.74 Å². The summed E-state index contributed by atoms with van der Waals surface area (Å²) in [5, 5.41) is 0.303. The van der Waals surface area contributed by atoms with Crippen LogP contribution in [0, 0.1) is 5.92 Å². The summed E-state index contributed by atoms with van der Waals surface area (Å²) in [6.07, 6.45) is 2.02. The minimum atomic E-state index is -0.0491. The zero-order valence-electron chi connectivity index (χ0n) is 11.1. The Morgan fingerprint density at radius 2 is 2.06 bits per heavy atom. The van der Waals surface area contributed by atoms with E-state index < -0.39 is 0 Å². The monoisotopic (exact) mass is 260 g/mol. The number of rotatable bonds is 6. The predicted octanol–water partition coefficient (Wildman–Crippen LogP) is 4.31. The molecule has 1 aromatic carbocycles. The van der Waals surface area contributed by atoms with Gasteiger partial charge in [-0.25, -0.2) is 0 Å². The summed E-state index contributed by atoms with van der Waals surface area (Å²) in [6.45, 7) is 13.2. The summed E-state index contributed by atoms with van der Waals surface area (Å²) < 4.78 is 5.62. The maximum Gasteiger partial charge on any atom is 0.0967 e. The Balaban J connectivity index is 2.16. The van der Waals surface area contributed by atoms with Crippen molar-refractivity contribution >= 4 is 11.8 Å². The van der Waals surface area contributed by atoms with Crippen LogP contribution in [-0.4, -0.2) is 17.5 Å². The molecule has 3 atom stereocenters. The van der Waals surface area contributed by atoms with E-state index >= 15 is 0 Å². The summed E-state index contributed by atoms with van der Waals surface area (Å²) in [6, 6.07) is 10.4. The van der Waals surface area contributed by atoms with Gasteiger partial charge in [0.25, 0.3) is 0 Å². The number of hydrogen-bond acceptors (Lipinski definition) is 2. The summed E-state index contributed by atoms with van der Waals surface area (Å²) in [4.78, 5) is 1.26. The highest BCUT2D eigenvalue weighted by molar-refractivity contribution is 8.00. The van der Waals surface area contributed by atoms with Crippen LogP contribution < -0.4 is 0 Å². The van der Waals surface area contributed by atoms with E-state index in [0.29, 0.717) is 11.2 Å². The second-order valence-electron chi connectivity index (χ2n) is 5.06. The number of benzene rings is 1. The van der Waals surface area contributed by atoms with E-state index in [0.717, 1.165) is 6.61 Å². The lowest BCUT2D eigenvalue weighted by Gasteiger charge is -2.28. The highest BCUT2D eigenvalue weighted by atomic mass is 32.2. The van der Waals surface area contributed by atoms with Gasteiger partial charge in [-0.3, -0.25) is 0 Å². The summed E-state index contributed by atoms with van der Waals surface area (Å²) >= 11 is 1.83. The molecule has 2 rings (SSSR count). The Bertz CT molecular complexity index is 434. The Hall–Kier alpha value is -0.990. The van der Waals surface area contributed by atoms with E-state index in [-0.39, 0.29) is 5.60 Å². The largest absolute Gasteiger partial charge is 0.369 e. The molecule has 0 spiro atoms. The molecule has 1 aromatic rings. The molecule has 0 aliphatic carbocycles. The standard InChI is InChI=1S/C16H20OS/c1-5-14(18-13-9-7-6-8-10-13)15(12(2)3)16(4)11-17-16/h5-10,14-15H,1-2,11H2,3-4H3/t14?,15-,16-/m1/s1. The van der Waals surface area contributed by atoms with Crippen LogP contribution >= 0.6 is 11.8 Å². The molecule has 18 heavy (non-hydrogen) atoms. The summed E-state index contributed by atoms with van der Waals surface area (Å²) in [5.41, 5.74) is 1.12. The zero-order chi connectivity index (χ0) is 13.2. The number of thioether (sulfide) groups is 1. The fourth-order valence-corrected chi connectivity index (χ4v) is 3.73. The summed E-state index contributed by atoms with van der Waals surface area (Å²) in [7, 11) is 0. The average Bonchev–Trinajstić information content (AvgIpc) is 3.07. The van der Waals surface area contributed by atoms with Crippen molar-refractivity contribution < 1.29 is 4.74 Å². The molecule has 0 N–H and O–H groups in total. The van der Waals surface area contributed by atoms with Crippen LogP contribution in [0.15, 0.2) is 60.0 Å². The van der Waals surface area contributed by atoms with Gasteiger partial charge in [0.05, 0.1) is 12.2 Å². The lowest BCUT2D eigenvalue weighted by atomic mass is 9.85. The van der Waals surface area contributed by atoms with Gasteiger partial charge in [-0.2, -0.15) is 0 Å². The molecule has 1 saturated heterocycles. The van der Waals surface area contributed by atoms with Crippen LogP contribution in [0.25, 0.3) is 0 Å². The highest BCUT2D eigenvalue weighted by Gasteiger charge is 2.49. The smallest absolute Gasteiger partial charge is 0.0967 e. The van der Waals surface area contributed by atoms with Gasteiger partial charge in [-0.05, 0) is 26.0 Å². The second-order valence-corrected chi connectivity index (χ2v) is 6.31. The molecule has 1 fully saturated rings. The number of hydrogen-bond donors (Lipinski definition) is 0. The lowest BCUT2D eigenvalue weighted by molar-refractivity contribution is 0.263. The molecule has 0 saturated carbocycles. The molecule has 0 amide bonds.